The number of aromatic nitrogens is 1. The highest BCUT2D eigenvalue weighted by molar-refractivity contribution is 8.00. The molecule has 2 heterocycles. The fraction of sp³-hybridized carbons (Fsp3) is 0.500. The Morgan fingerprint density at radius 1 is 1.53 bits per heavy atom. The van der Waals surface area contributed by atoms with E-state index < -0.39 is 0 Å². The van der Waals surface area contributed by atoms with Crippen LogP contribution in [0.2, 0.25) is 0 Å². The van der Waals surface area contributed by atoms with E-state index in [-0.39, 0.29) is 11.9 Å². The maximum atomic E-state index is 12.0. The third kappa shape index (κ3) is 3.71. The fourth-order valence-electron chi connectivity index (χ4n) is 1.91. The van der Waals surface area contributed by atoms with Crippen LogP contribution >= 0.6 is 11.8 Å². The van der Waals surface area contributed by atoms with Crippen LogP contribution in [-0.2, 0) is 4.79 Å². The largest absolute Gasteiger partial charge is 0.340 e. The molecule has 0 saturated carbocycles. The standard InChI is InChI=1S/C12H17N3OS/c13-10-2-1-7-15(8-10)12(16)9-17-11-3-5-14-6-4-11/h3-6,10H,1-2,7-9,13H2/t10-/m1/s1. The lowest BCUT2D eigenvalue weighted by Gasteiger charge is -2.30. The number of carbonyl (C=O) groups is 1. The van der Waals surface area contributed by atoms with Crippen molar-refractivity contribution in [3.05, 3.63) is 24.5 Å². The number of pyridine rings is 1. The molecule has 0 unspecified atom stereocenters. The molecule has 5 heteroatoms. The van der Waals surface area contributed by atoms with Crippen molar-refractivity contribution in [1.29, 1.82) is 0 Å². The van der Waals surface area contributed by atoms with Crippen LogP contribution in [0.3, 0.4) is 0 Å². The number of nitrogens with two attached hydrogens (primary N) is 1. The molecule has 0 aromatic carbocycles. The molecule has 0 bridgehead atoms. The first-order chi connectivity index (χ1) is 8.25. The maximum absolute atomic E-state index is 12.0. The van der Waals surface area contributed by atoms with Crippen LogP contribution in [0.25, 0.3) is 0 Å². The molecule has 17 heavy (non-hydrogen) atoms. The van der Waals surface area contributed by atoms with E-state index in [1.54, 1.807) is 24.2 Å². The molecule has 1 atom stereocenters. The first-order valence-electron chi connectivity index (χ1n) is 5.82. The number of piperidine rings is 1. The molecule has 0 aliphatic carbocycles. The van der Waals surface area contributed by atoms with E-state index in [2.05, 4.69) is 4.98 Å². The third-order valence-electron chi connectivity index (χ3n) is 2.82. The zero-order valence-electron chi connectivity index (χ0n) is 9.71. The summed E-state index contributed by atoms with van der Waals surface area (Å²) in [7, 11) is 0. The van der Waals surface area contributed by atoms with E-state index in [0.29, 0.717) is 12.3 Å². The van der Waals surface area contributed by atoms with Crippen LogP contribution in [0.15, 0.2) is 29.4 Å². The van der Waals surface area contributed by atoms with Gasteiger partial charge in [0.15, 0.2) is 0 Å². The number of rotatable bonds is 3. The van der Waals surface area contributed by atoms with Crippen LogP contribution in [0.5, 0.6) is 0 Å². The van der Waals surface area contributed by atoms with E-state index in [1.165, 1.54) is 0 Å². The SMILES string of the molecule is N[C@@H]1CCCN(C(=O)CSc2ccncc2)C1. The normalized spacial score (nSPS) is 20.3. The van der Waals surface area contributed by atoms with Crippen molar-refractivity contribution >= 4 is 17.7 Å². The Bertz CT molecular complexity index is 371. The molecular weight excluding hydrogens is 234 g/mol. The van der Waals surface area contributed by atoms with Crippen LogP contribution in [0.4, 0.5) is 0 Å². The number of thioether (sulfide) groups is 1. The van der Waals surface area contributed by atoms with Crippen LogP contribution in [0, 0.1) is 0 Å². The molecule has 1 aromatic rings. The summed E-state index contributed by atoms with van der Waals surface area (Å²) in [5.74, 6) is 0.665. The Kier molecular flexibility index (Phi) is 4.39. The number of nitrogens with zero attached hydrogens (tertiary/aromatic N) is 2. The summed E-state index contributed by atoms with van der Waals surface area (Å²) in [4.78, 5) is 18.9. The van der Waals surface area contributed by atoms with Crippen molar-refractivity contribution in [2.24, 2.45) is 5.73 Å². The number of hydrogen-bond acceptors (Lipinski definition) is 4. The van der Waals surface area contributed by atoms with Gasteiger partial charge >= 0.3 is 0 Å². The Morgan fingerprint density at radius 3 is 3.00 bits per heavy atom. The van der Waals surface area contributed by atoms with Crippen molar-refractivity contribution in [2.75, 3.05) is 18.8 Å². The van der Waals surface area contributed by atoms with Crippen LogP contribution in [-0.4, -0.2) is 40.7 Å². The Balaban J connectivity index is 1.81. The predicted molar refractivity (Wildman–Crippen MR) is 68.8 cm³/mol. The zero-order chi connectivity index (χ0) is 12.1. The first-order valence-corrected chi connectivity index (χ1v) is 6.80. The lowest BCUT2D eigenvalue weighted by Crippen LogP contribution is -2.46. The third-order valence-corrected chi connectivity index (χ3v) is 3.82. The van der Waals surface area contributed by atoms with Gasteiger partial charge in [-0.15, -0.1) is 11.8 Å². The van der Waals surface area contributed by atoms with Crippen molar-refractivity contribution < 1.29 is 4.79 Å². The van der Waals surface area contributed by atoms with Gasteiger partial charge in [-0.1, -0.05) is 0 Å². The fourth-order valence-corrected chi connectivity index (χ4v) is 2.69. The van der Waals surface area contributed by atoms with Gasteiger partial charge in [0.05, 0.1) is 5.75 Å². The second-order valence-electron chi connectivity index (χ2n) is 4.21. The van der Waals surface area contributed by atoms with Gasteiger partial charge in [0.1, 0.15) is 0 Å². The molecule has 2 rings (SSSR count). The summed E-state index contributed by atoms with van der Waals surface area (Å²) in [5, 5.41) is 0. The van der Waals surface area contributed by atoms with Gasteiger partial charge in [0, 0.05) is 36.4 Å². The van der Waals surface area contributed by atoms with Crippen molar-refractivity contribution in [3.63, 3.8) is 0 Å². The topological polar surface area (TPSA) is 59.2 Å². The van der Waals surface area contributed by atoms with Gasteiger partial charge < -0.3 is 10.6 Å². The summed E-state index contributed by atoms with van der Waals surface area (Å²) in [5.41, 5.74) is 5.86. The molecule has 2 N–H and O–H groups in total. The molecule has 1 aromatic heterocycles. The molecule has 1 saturated heterocycles. The van der Waals surface area contributed by atoms with Gasteiger partial charge in [-0.25, -0.2) is 0 Å². The molecule has 0 spiro atoms. The lowest BCUT2D eigenvalue weighted by atomic mass is 10.1. The van der Waals surface area contributed by atoms with Gasteiger partial charge in [0.2, 0.25) is 5.91 Å². The van der Waals surface area contributed by atoms with Gasteiger partial charge in [-0.2, -0.15) is 0 Å². The minimum atomic E-state index is 0.152. The predicted octanol–water partition coefficient (Wildman–Crippen LogP) is 1.12. The van der Waals surface area contributed by atoms with Crippen molar-refractivity contribution in [1.82, 2.24) is 9.88 Å². The summed E-state index contributed by atoms with van der Waals surface area (Å²) in [6.07, 6.45) is 5.53. The highest BCUT2D eigenvalue weighted by atomic mass is 32.2. The van der Waals surface area contributed by atoms with Crippen LogP contribution in [0.1, 0.15) is 12.8 Å². The molecule has 1 aliphatic rings. The lowest BCUT2D eigenvalue weighted by molar-refractivity contribution is -0.129. The molecule has 92 valence electrons. The summed E-state index contributed by atoms with van der Waals surface area (Å²) >= 11 is 1.55. The highest BCUT2D eigenvalue weighted by Crippen LogP contribution is 2.18. The zero-order valence-corrected chi connectivity index (χ0v) is 10.5. The van der Waals surface area contributed by atoms with Crippen LogP contribution < -0.4 is 5.73 Å². The van der Waals surface area contributed by atoms with E-state index in [4.69, 9.17) is 5.73 Å². The Morgan fingerprint density at radius 2 is 2.29 bits per heavy atom. The average Bonchev–Trinajstić information content (AvgIpc) is 2.37. The molecule has 1 fully saturated rings. The number of carbonyl (C=O) groups excluding carboxylic acids is 1. The molecule has 0 radical (unpaired) electrons. The maximum Gasteiger partial charge on any atom is 0.232 e. The molecular formula is C12H17N3OS. The second-order valence-corrected chi connectivity index (χ2v) is 5.26. The first kappa shape index (κ1) is 12.4. The summed E-state index contributed by atoms with van der Waals surface area (Å²) in [6, 6.07) is 3.98. The van der Waals surface area contributed by atoms with Gasteiger partial charge in [0.25, 0.3) is 0 Å². The van der Waals surface area contributed by atoms with E-state index >= 15 is 0 Å². The van der Waals surface area contributed by atoms with Gasteiger partial charge in [-0.3, -0.25) is 9.78 Å². The minimum Gasteiger partial charge on any atom is -0.340 e. The van der Waals surface area contributed by atoms with E-state index in [9.17, 15) is 4.79 Å². The monoisotopic (exact) mass is 251 g/mol. The minimum absolute atomic E-state index is 0.152. The van der Waals surface area contributed by atoms with Gasteiger partial charge in [-0.05, 0) is 25.0 Å². The molecule has 1 amide bonds. The molecule has 4 nitrogen and oxygen atoms in total. The van der Waals surface area contributed by atoms with Crippen molar-refractivity contribution in [3.8, 4) is 0 Å². The summed E-state index contributed by atoms with van der Waals surface area (Å²) < 4.78 is 0. The smallest absolute Gasteiger partial charge is 0.232 e. The van der Waals surface area contributed by atoms with Crippen molar-refractivity contribution in [2.45, 2.75) is 23.8 Å². The Labute approximate surface area is 106 Å². The molecule has 1 aliphatic heterocycles. The second kappa shape index (κ2) is 6.02. The summed E-state index contributed by atoms with van der Waals surface area (Å²) in [6.45, 7) is 1.55. The quantitative estimate of drug-likeness (QED) is 0.818. The van der Waals surface area contributed by atoms with E-state index in [0.717, 1.165) is 24.3 Å². The highest BCUT2D eigenvalue weighted by Gasteiger charge is 2.20. The number of hydrogen-bond donors (Lipinski definition) is 1. The number of likely N-dealkylation sites (tertiary alicyclic amines) is 1. The average molecular weight is 251 g/mol. The van der Waals surface area contributed by atoms with E-state index in [1.807, 2.05) is 17.0 Å². The number of amides is 1. The Hall–Kier alpha value is -1.07.